The Hall–Kier alpha value is -7.88. The number of hydrogen-bond donors (Lipinski definition) is 1. The maximum atomic E-state index is 3.96. The molecule has 10 aromatic carbocycles. The molecule has 0 atom stereocenters. The summed E-state index contributed by atoms with van der Waals surface area (Å²) in [6.07, 6.45) is 0. The summed E-state index contributed by atoms with van der Waals surface area (Å²) in [5.41, 5.74) is 23.4. The molecule has 3 heteroatoms. The molecule has 0 saturated carbocycles. The molecule has 2 nitrogen and oxygen atoms in total. The topological polar surface area (TPSA) is 15.3 Å². The molecule has 0 bridgehead atoms. The fourth-order valence-corrected chi connectivity index (χ4v) is 11.1. The van der Waals surface area contributed by atoms with Gasteiger partial charge in [0.15, 0.2) is 7.28 Å². The first-order valence-electron chi connectivity index (χ1n) is 21.6. The maximum absolute atomic E-state index is 3.96. The minimum atomic E-state index is -0.444. The van der Waals surface area contributed by atoms with Gasteiger partial charge in [-0.05, 0) is 108 Å². The zero-order valence-electron chi connectivity index (χ0n) is 34.0. The van der Waals surface area contributed by atoms with E-state index in [1.165, 1.54) is 106 Å². The molecule has 0 unspecified atom stereocenters. The number of fused-ring (bicyclic) bond motifs is 13. The molecule has 0 saturated heterocycles. The highest BCUT2D eigenvalue weighted by molar-refractivity contribution is 6.74. The van der Waals surface area contributed by atoms with Gasteiger partial charge in [0.05, 0.1) is 11.1 Å². The highest BCUT2D eigenvalue weighted by atomic mass is 15.2. The third-order valence-corrected chi connectivity index (χ3v) is 13.6. The van der Waals surface area contributed by atoms with Gasteiger partial charge in [0, 0.05) is 33.7 Å². The van der Waals surface area contributed by atoms with Crippen LogP contribution >= 0.6 is 0 Å². The Bertz CT molecular complexity index is 3320. The second-order valence-electron chi connectivity index (χ2n) is 16.9. The van der Waals surface area contributed by atoms with E-state index < -0.39 is 5.41 Å². The number of nitrogens with zero attached hydrogens (tertiary/aromatic N) is 1. The number of anilines is 5. The van der Waals surface area contributed by atoms with E-state index in [2.05, 4.69) is 235 Å². The number of benzene rings is 10. The van der Waals surface area contributed by atoms with Crippen molar-refractivity contribution < 1.29 is 0 Å². The predicted octanol–water partition coefficient (Wildman–Crippen LogP) is 13.4. The molecule has 0 radical (unpaired) electrons. The van der Waals surface area contributed by atoms with Crippen LogP contribution in [0.2, 0.25) is 0 Å². The minimum absolute atomic E-state index is 0.444. The monoisotopic (exact) mass is 786 g/mol. The molecule has 288 valence electrons. The molecule has 1 spiro atoms. The van der Waals surface area contributed by atoms with Crippen molar-refractivity contribution in [3.8, 4) is 44.5 Å². The Balaban J connectivity index is 1.03. The first kappa shape index (κ1) is 34.9. The lowest BCUT2D eigenvalue weighted by Gasteiger charge is -2.48. The van der Waals surface area contributed by atoms with E-state index in [1.54, 1.807) is 0 Å². The Kier molecular flexibility index (Phi) is 7.65. The molecule has 62 heavy (non-hydrogen) atoms. The Morgan fingerprint density at radius 3 is 1.66 bits per heavy atom. The van der Waals surface area contributed by atoms with Crippen LogP contribution in [0.3, 0.4) is 0 Å². The third kappa shape index (κ3) is 5.00. The second kappa shape index (κ2) is 13.6. The normalized spacial score (nSPS) is 13.4. The molecule has 0 amide bonds. The van der Waals surface area contributed by atoms with Crippen LogP contribution < -0.4 is 21.1 Å². The van der Waals surface area contributed by atoms with Crippen molar-refractivity contribution in [1.29, 1.82) is 0 Å². The summed E-state index contributed by atoms with van der Waals surface area (Å²) in [6.45, 7) is 0. The number of rotatable bonds is 5. The summed E-state index contributed by atoms with van der Waals surface area (Å²) in [6, 6.07) is 83.0. The van der Waals surface area contributed by atoms with E-state index in [9.17, 15) is 0 Å². The van der Waals surface area contributed by atoms with Gasteiger partial charge in [-0.2, -0.15) is 0 Å². The van der Waals surface area contributed by atoms with E-state index >= 15 is 0 Å². The van der Waals surface area contributed by atoms with Gasteiger partial charge < -0.3 is 10.2 Å². The predicted molar refractivity (Wildman–Crippen MR) is 262 cm³/mol. The van der Waals surface area contributed by atoms with Crippen molar-refractivity contribution in [2.24, 2.45) is 0 Å². The van der Waals surface area contributed by atoms with Crippen molar-refractivity contribution in [1.82, 2.24) is 0 Å². The van der Waals surface area contributed by atoms with Crippen LogP contribution in [0, 0.1) is 0 Å². The molecular formula is C59H39BN2. The molecular weight excluding hydrogens is 747 g/mol. The molecule has 2 aliphatic heterocycles. The van der Waals surface area contributed by atoms with Crippen LogP contribution in [-0.4, -0.2) is 7.28 Å². The molecule has 1 N–H and O–H groups in total. The van der Waals surface area contributed by atoms with Crippen LogP contribution in [0.15, 0.2) is 224 Å². The molecule has 1 aliphatic carbocycles. The van der Waals surface area contributed by atoms with E-state index in [1.807, 2.05) is 0 Å². The Morgan fingerprint density at radius 1 is 0.387 bits per heavy atom. The lowest BCUT2D eigenvalue weighted by atomic mass is 9.54. The second-order valence-corrected chi connectivity index (χ2v) is 16.9. The van der Waals surface area contributed by atoms with Gasteiger partial charge in [0.2, 0.25) is 0 Å². The van der Waals surface area contributed by atoms with Gasteiger partial charge in [-0.25, -0.2) is 0 Å². The lowest BCUT2D eigenvalue weighted by molar-refractivity contribution is 0.754. The zero-order chi connectivity index (χ0) is 40.8. The van der Waals surface area contributed by atoms with E-state index in [-0.39, 0.29) is 0 Å². The van der Waals surface area contributed by atoms with E-state index in [0.717, 1.165) is 18.7 Å². The fraction of sp³-hybridized carbons (Fsp3) is 0.0169. The SMILES string of the molecule is B1c2cccc3c2N(c2ccccc2C32c3ccccc3-c3ccccc32)c2c1c(-c1ccccc1Nc1cc(-c3ccccc3)cc(-c3ccccc3)c1)cc1ccccc21. The molecule has 13 rings (SSSR count). The number of hydrogen-bond acceptors (Lipinski definition) is 2. The van der Waals surface area contributed by atoms with Gasteiger partial charge in [-0.3, -0.25) is 0 Å². The summed E-state index contributed by atoms with van der Waals surface area (Å²) in [4.78, 5) is 2.63. The Labute approximate surface area is 362 Å². The number of nitrogens with one attached hydrogen (secondary N) is 1. The standard InChI is InChI=1S/C59H39BN2/c1-3-18-38(19-4-1)41-34-42(39-20-5-2-6-21-39)36-43(35-41)61-54-32-15-11-26-47(54)48-37-40-22-7-8-23-44(40)57-56(48)60-53-31-17-30-52-58(53)62(57)55-33-16-14-29-51(55)59(52)49-27-12-9-24-45(49)46-25-10-13-28-50(46)59/h1-37,60-61H. The van der Waals surface area contributed by atoms with Crippen molar-refractivity contribution in [2.45, 2.75) is 5.41 Å². The minimum Gasteiger partial charge on any atom is -0.355 e. The van der Waals surface area contributed by atoms with Gasteiger partial charge in [-0.1, -0.05) is 194 Å². The summed E-state index contributed by atoms with van der Waals surface area (Å²) in [5.74, 6) is 0. The van der Waals surface area contributed by atoms with Crippen LogP contribution in [0.1, 0.15) is 22.3 Å². The quantitative estimate of drug-likeness (QED) is 0.175. The highest BCUT2D eigenvalue weighted by Crippen LogP contribution is 2.63. The summed E-state index contributed by atoms with van der Waals surface area (Å²) < 4.78 is 0. The van der Waals surface area contributed by atoms with Gasteiger partial charge in [-0.15, -0.1) is 0 Å². The van der Waals surface area contributed by atoms with Crippen LogP contribution in [0.25, 0.3) is 55.3 Å². The average molecular weight is 787 g/mol. The fourth-order valence-electron chi connectivity index (χ4n) is 11.1. The summed E-state index contributed by atoms with van der Waals surface area (Å²) in [7, 11) is 0.812. The third-order valence-electron chi connectivity index (χ3n) is 13.6. The molecule has 2 heterocycles. The lowest BCUT2D eigenvalue weighted by Crippen LogP contribution is -2.47. The smallest absolute Gasteiger partial charge is 0.198 e. The summed E-state index contributed by atoms with van der Waals surface area (Å²) >= 11 is 0. The van der Waals surface area contributed by atoms with E-state index in [4.69, 9.17) is 0 Å². The molecule has 3 aliphatic rings. The van der Waals surface area contributed by atoms with Crippen molar-refractivity contribution in [2.75, 3.05) is 10.2 Å². The summed E-state index contributed by atoms with van der Waals surface area (Å²) in [5, 5.41) is 6.45. The average Bonchev–Trinajstić information content (AvgIpc) is 3.63. The van der Waals surface area contributed by atoms with Crippen LogP contribution in [0.5, 0.6) is 0 Å². The van der Waals surface area contributed by atoms with Crippen molar-refractivity contribution >= 4 is 57.4 Å². The van der Waals surface area contributed by atoms with Gasteiger partial charge >= 0.3 is 0 Å². The molecule has 10 aromatic rings. The van der Waals surface area contributed by atoms with Crippen LogP contribution in [0.4, 0.5) is 28.4 Å². The Morgan fingerprint density at radius 2 is 0.952 bits per heavy atom. The van der Waals surface area contributed by atoms with E-state index in [0.29, 0.717) is 0 Å². The molecule has 0 fully saturated rings. The van der Waals surface area contributed by atoms with Gasteiger partial charge in [0.1, 0.15) is 0 Å². The zero-order valence-corrected chi connectivity index (χ0v) is 34.0. The van der Waals surface area contributed by atoms with Crippen LogP contribution in [-0.2, 0) is 5.41 Å². The number of para-hydroxylation sites is 3. The first-order valence-corrected chi connectivity index (χ1v) is 21.6. The largest absolute Gasteiger partial charge is 0.355 e. The first-order chi connectivity index (χ1) is 30.8. The maximum Gasteiger partial charge on any atom is 0.198 e. The van der Waals surface area contributed by atoms with Gasteiger partial charge in [0.25, 0.3) is 0 Å². The highest BCUT2D eigenvalue weighted by Gasteiger charge is 2.53. The van der Waals surface area contributed by atoms with Crippen molar-refractivity contribution in [3.63, 3.8) is 0 Å². The van der Waals surface area contributed by atoms with Crippen molar-refractivity contribution in [3.05, 3.63) is 247 Å². The molecule has 0 aromatic heterocycles.